The molecule has 0 bridgehead atoms. The highest BCUT2D eigenvalue weighted by atomic mass is 35.5. The Morgan fingerprint density at radius 3 is 2.50 bits per heavy atom. The molecule has 0 fully saturated rings. The highest BCUT2D eigenvalue weighted by Crippen LogP contribution is 2.26. The molecule has 18 heavy (non-hydrogen) atoms. The van der Waals surface area contributed by atoms with E-state index in [1.165, 1.54) is 0 Å². The van der Waals surface area contributed by atoms with Gasteiger partial charge in [0.05, 0.1) is 12.7 Å². The molecule has 0 N–H and O–H groups in total. The molecule has 0 saturated carbocycles. The summed E-state index contributed by atoms with van der Waals surface area (Å²) in [5.41, 5.74) is 0.969. The van der Waals surface area contributed by atoms with Gasteiger partial charge in [0.2, 0.25) is 5.88 Å². The maximum absolute atomic E-state index is 5.91. The fourth-order valence-corrected chi connectivity index (χ4v) is 2.38. The quantitative estimate of drug-likeness (QED) is 0.715. The molecule has 0 atom stereocenters. The minimum Gasteiger partial charge on any atom is -0.481 e. The van der Waals surface area contributed by atoms with E-state index in [4.69, 9.17) is 16.3 Å². The highest BCUT2D eigenvalue weighted by Gasteiger charge is 2.20. The lowest BCUT2D eigenvalue weighted by atomic mass is 10.1. The van der Waals surface area contributed by atoms with E-state index in [2.05, 4.69) is 28.7 Å². The molecule has 1 aromatic rings. The molecular formula is C13H22ClN3O. The molecule has 0 aliphatic carbocycles. The Kier molecular flexibility index (Phi) is 6.19. The molecule has 0 aliphatic heterocycles. The summed E-state index contributed by atoms with van der Waals surface area (Å²) in [6.45, 7) is 7.14. The third-order valence-corrected chi connectivity index (χ3v) is 3.35. The minimum absolute atomic E-state index is 0.446. The average Bonchev–Trinajstić information content (AvgIpc) is 2.39. The van der Waals surface area contributed by atoms with Gasteiger partial charge in [0.15, 0.2) is 0 Å². The van der Waals surface area contributed by atoms with Crippen LogP contribution in [0.15, 0.2) is 6.33 Å². The van der Waals surface area contributed by atoms with Gasteiger partial charge in [0.1, 0.15) is 12.1 Å². The zero-order valence-corrected chi connectivity index (χ0v) is 12.4. The molecule has 1 aromatic heterocycles. The largest absolute Gasteiger partial charge is 0.481 e. The Morgan fingerprint density at radius 1 is 1.33 bits per heavy atom. The number of ether oxygens (including phenoxy) is 1. The van der Waals surface area contributed by atoms with Gasteiger partial charge >= 0.3 is 0 Å². The van der Waals surface area contributed by atoms with Crippen LogP contribution in [0.4, 0.5) is 5.82 Å². The minimum atomic E-state index is 0.446. The number of alkyl halides is 1. The lowest BCUT2D eigenvalue weighted by Gasteiger charge is -2.32. The van der Waals surface area contributed by atoms with Crippen molar-refractivity contribution in [1.29, 1.82) is 0 Å². The number of methoxy groups -OCH3 is 1. The van der Waals surface area contributed by atoms with Gasteiger partial charge < -0.3 is 9.64 Å². The SMILES string of the molecule is CCC(CC)N(CCCl)c1ncnc(OC)c1C. The topological polar surface area (TPSA) is 38.2 Å². The van der Waals surface area contributed by atoms with E-state index in [1.54, 1.807) is 13.4 Å². The van der Waals surface area contributed by atoms with Gasteiger partial charge in [-0.05, 0) is 19.8 Å². The standard InChI is InChI=1S/C13H22ClN3O/c1-5-11(6-2)17(8-7-14)12-10(3)13(18-4)16-9-15-12/h9,11H,5-8H2,1-4H3. The van der Waals surface area contributed by atoms with Crippen molar-refractivity contribution in [2.45, 2.75) is 39.7 Å². The first-order chi connectivity index (χ1) is 8.69. The lowest BCUT2D eigenvalue weighted by molar-refractivity contribution is 0.393. The van der Waals surface area contributed by atoms with E-state index in [0.717, 1.165) is 30.8 Å². The molecule has 4 nitrogen and oxygen atoms in total. The molecule has 5 heteroatoms. The van der Waals surface area contributed by atoms with Crippen LogP contribution in [0.3, 0.4) is 0 Å². The predicted molar refractivity (Wildman–Crippen MR) is 75.8 cm³/mol. The van der Waals surface area contributed by atoms with Gasteiger partial charge in [-0.2, -0.15) is 0 Å². The van der Waals surface area contributed by atoms with Crippen LogP contribution in [0.5, 0.6) is 5.88 Å². The average molecular weight is 272 g/mol. The maximum Gasteiger partial charge on any atom is 0.221 e. The number of aromatic nitrogens is 2. The summed E-state index contributed by atoms with van der Waals surface area (Å²) >= 11 is 5.91. The highest BCUT2D eigenvalue weighted by molar-refractivity contribution is 6.18. The summed E-state index contributed by atoms with van der Waals surface area (Å²) in [7, 11) is 1.63. The third kappa shape index (κ3) is 3.25. The van der Waals surface area contributed by atoms with Crippen molar-refractivity contribution >= 4 is 17.4 Å². The molecule has 0 amide bonds. The maximum atomic E-state index is 5.91. The first-order valence-electron chi connectivity index (χ1n) is 6.37. The van der Waals surface area contributed by atoms with Crippen LogP contribution in [-0.4, -0.2) is 35.5 Å². The molecule has 0 unspecified atom stereocenters. The van der Waals surface area contributed by atoms with Gasteiger partial charge in [-0.1, -0.05) is 13.8 Å². The van der Waals surface area contributed by atoms with Gasteiger partial charge in [-0.3, -0.25) is 0 Å². The fraction of sp³-hybridized carbons (Fsp3) is 0.692. The van der Waals surface area contributed by atoms with Crippen molar-refractivity contribution in [3.63, 3.8) is 0 Å². The Bertz CT molecular complexity index is 369. The summed E-state index contributed by atoms with van der Waals surface area (Å²) in [6.07, 6.45) is 3.68. The molecule has 0 radical (unpaired) electrons. The molecule has 0 saturated heterocycles. The predicted octanol–water partition coefficient (Wildman–Crippen LogP) is 3.03. The van der Waals surface area contributed by atoms with Gasteiger partial charge in [-0.25, -0.2) is 9.97 Å². The van der Waals surface area contributed by atoms with E-state index in [-0.39, 0.29) is 0 Å². The molecular weight excluding hydrogens is 250 g/mol. The first kappa shape index (κ1) is 15.0. The monoisotopic (exact) mass is 271 g/mol. The van der Waals surface area contributed by atoms with Crippen molar-refractivity contribution in [2.75, 3.05) is 24.4 Å². The number of halogens is 1. The summed E-state index contributed by atoms with van der Waals surface area (Å²) in [4.78, 5) is 10.8. The molecule has 0 aromatic carbocycles. The molecule has 0 aliphatic rings. The zero-order valence-electron chi connectivity index (χ0n) is 11.6. The van der Waals surface area contributed by atoms with Crippen molar-refractivity contribution in [3.05, 3.63) is 11.9 Å². The van der Waals surface area contributed by atoms with Crippen molar-refractivity contribution in [2.24, 2.45) is 0 Å². The van der Waals surface area contributed by atoms with Crippen LogP contribution >= 0.6 is 11.6 Å². The van der Waals surface area contributed by atoms with E-state index in [0.29, 0.717) is 17.8 Å². The second-order valence-electron chi connectivity index (χ2n) is 4.18. The van der Waals surface area contributed by atoms with Crippen LogP contribution in [-0.2, 0) is 0 Å². The summed E-state index contributed by atoms with van der Waals surface area (Å²) in [5.74, 6) is 2.14. The zero-order chi connectivity index (χ0) is 13.5. The van der Waals surface area contributed by atoms with Gasteiger partial charge in [0, 0.05) is 18.5 Å². The Labute approximate surface area is 114 Å². The second-order valence-corrected chi connectivity index (χ2v) is 4.56. The first-order valence-corrected chi connectivity index (χ1v) is 6.91. The Morgan fingerprint density at radius 2 is 2.00 bits per heavy atom. The number of anilines is 1. The second kappa shape index (κ2) is 7.41. The van der Waals surface area contributed by atoms with E-state index >= 15 is 0 Å². The van der Waals surface area contributed by atoms with Crippen molar-refractivity contribution in [1.82, 2.24) is 9.97 Å². The molecule has 1 heterocycles. The van der Waals surface area contributed by atoms with E-state index in [1.807, 2.05) is 6.92 Å². The lowest BCUT2D eigenvalue weighted by Crippen LogP contribution is -2.37. The Hall–Kier alpha value is -1.03. The number of rotatable bonds is 7. The summed E-state index contributed by atoms with van der Waals surface area (Å²) < 4.78 is 5.25. The van der Waals surface area contributed by atoms with Gasteiger partial charge in [-0.15, -0.1) is 11.6 Å². The smallest absolute Gasteiger partial charge is 0.221 e. The van der Waals surface area contributed by atoms with Gasteiger partial charge in [0.25, 0.3) is 0 Å². The number of hydrogen-bond donors (Lipinski definition) is 0. The number of hydrogen-bond acceptors (Lipinski definition) is 4. The van der Waals surface area contributed by atoms with Crippen LogP contribution < -0.4 is 9.64 Å². The number of nitrogens with zero attached hydrogens (tertiary/aromatic N) is 3. The van der Waals surface area contributed by atoms with Crippen molar-refractivity contribution in [3.8, 4) is 5.88 Å². The summed E-state index contributed by atoms with van der Waals surface area (Å²) in [5, 5.41) is 0. The normalized spacial score (nSPS) is 10.8. The van der Waals surface area contributed by atoms with Crippen LogP contribution in [0.25, 0.3) is 0 Å². The Balaban J connectivity index is 3.12. The molecule has 102 valence electrons. The third-order valence-electron chi connectivity index (χ3n) is 3.19. The van der Waals surface area contributed by atoms with E-state index < -0.39 is 0 Å². The molecule has 0 spiro atoms. The van der Waals surface area contributed by atoms with Crippen LogP contribution in [0.2, 0.25) is 0 Å². The fourth-order valence-electron chi connectivity index (χ4n) is 2.20. The van der Waals surface area contributed by atoms with Crippen LogP contribution in [0.1, 0.15) is 32.3 Å². The van der Waals surface area contributed by atoms with E-state index in [9.17, 15) is 0 Å². The van der Waals surface area contributed by atoms with Crippen molar-refractivity contribution < 1.29 is 4.74 Å². The van der Waals surface area contributed by atoms with Crippen LogP contribution in [0, 0.1) is 6.92 Å². The summed E-state index contributed by atoms with van der Waals surface area (Å²) in [6, 6.07) is 0.446. The molecule has 1 rings (SSSR count).